The molecule has 2 rings (SSSR count). The molecule has 0 unspecified atom stereocenters. The van der Waals surface area contributed by atoms with Gasteiger partial charge in [0.15, 0.2) is 5.82 Å². The molecule has 0 fully saturated rings. The van der Waals surface area contributed by atoms with Crippen LogP contribution in [0, 0.1) is 6.92 Å². The van der Waals surface area contributed by atoms with Gasteiger partial charge in [-0.15, -0.1) is 0 Å². The molecule has 0 aliphatic rings. The van der Waals surface area contributed by atoms with E-state index in [1.54, 1.807) is 15.7 Å². The third-order valence-electron chi connectivity index (χ3n) is 2.51. The van der Waals surface area contributed by atoms with Crippen LogP contribution in [0.2, 0.25) is 5.15 Å². The first kappa shape index (κ1) is 12.1. The van der Waals surface area contributed by atoms with Crippen LogP contribution in [0.1, 0.15) is 17.1 Å². The van der Waals surface area contributed by atoms with Crippen molar-refractivity contribution < 1.29 is 0 Å². The first-order chi connectivity index (χ1) is 8.11. The lowest BCUT2D eigenvalue weighted by atomic mass is 10.3. The third-order valence-corrected chi connectivity index (χ3v) is 2.98. The van der Waals surface area contributed by atoms with Crippen LogP contribution in [0.3, 0.4) is 0 Å². The van der Waals surface area contributed by atoms with E-state index in [0.29, 0.717) is 18.2 Å². The van der Waals surface area contributed by atoms with Crippen molar-refractivity contribution in [2.45, 2.75) is 20.0 Å². The summed E-state index contributed by atoms with van der Waals surface area (Å²) < 4.78 is 3.43. The number of rotatable bonds is 4. The van der Waals surface area contributed by atoms with Gasteiger partial charge < -0.3 is 5.32 Å². The summed E-state index contributed by atoms with van der Waals surface area (Å²) in [4.78, 5) is 4.19. The zero-order valence-corrected chi connectivity index (χ0v) is 10.9. The summed E-state index contributed by atoms with van der Waals surface area (Å²) in [5, 5.41) is 12.2. The average molecular weight is 255 g/mol. The molecule has 0 spiro atoms. The number of halogens is 1. The number of hydrogen-bond acceptors (Lipinski definition) is 4. The van der Waals surface area contributed by atoms with Gasteiger partial charge in [-0.05, 0) is 14.0 Å². The van der Waals surface area contributed by atoms with E-state index >= 15 is 0 Å². The first-order valence-corrected chi connectivity index (χ1v) is 5.70. The molecule has 7 heteroatoms. The predicted molar refractivity (Wildman–Crippen MR) is 64.8 cm³/mol. The van der Waals surface area contributed by atoms with Gasteiger partial charge in [-0.25, -0.2) is 9.67 Å². The van der Waals surface area contributed by atoms with Gasteiger partial charge in [-0.2, -0.15) is 10.2 Å². The number of aryl methyl sites for hydroxylation is 2. The van der Waals surface area contributed by atoms with Gasteiger partial charge in [-0.3, -0.25) is 4.68 Å². The standard InChI is InChI=1S/C10H15ClN6/c1-7-8(10(11)16(3)14-7)5-17-6-13-9(15-17)4-12-2/h6,12H,4-5H2,1-3H3. The maximum atomic E-state index is 6.16. The minimum absolute atomic E-state index is 0.592. The highest BCUT2D eigenvalue weighted by atomic mass is 35.5. The Morgan fingerprint density at radius 2 is 2.18 bits per heavy atom. The van der Waals surface area contributed by atoms with Crippen LogP contribution in [0.5, 0.6) is 0 Å². The lowest BCUT2D eigenvalue weighted by Crippen LogP contribution is -2.08. The van der Waals surface area contributed by atoms with Gasteiger partial charge in [-0.1, -0.05) is 11.6 Å². The SMILES string of the molecule is CNCc1ncn(Cc2c(C)nn(C)c2Cl)n1. The molecule has 0 amide bonds. The zero-order chi connectivity index (χ0) is 12.4. The van der Waals surface area contributed by atoms with E-state index in [9.17, 15) is 0 Å². The highest BCUT2D eigenvalue weighted by molar-refractivity contribution is 6.30. The van der Waals surface area contributed by atoms with E-state index in [0.717, 1.165) is 17.1 Å². The molecule has 0 aromatic carbocycles. The molecule has 0 aliphatic heterocycles. The molecular weight excluding hydrogens is 240 g/mol. The Hall–Kier alpha value is -1.40. The minimum atomic E-state index is 0.592. The Bertz CT molecular complexity index is 515. The number of hydrogen-bond donors (Lipinski definition) is 1. The average Bonchev–Trinajstić information content (AvgIpc) is 2.81. The molecule has 1 N–H and O–H groups in total. The first-order valence-electron chi connectivity index (χ1n) is 5.32. The van der Waals surface area contributed by atoms with Crippen LogP contribution in [0.15, 0.2) is 6.33 Å². The second-order valence-electron chi connectivity index (χ2n) is 3.87. The highest BCUT2D eigenvalue weighted by Crippen LogP contribution is 2.19. The Labute approximate surface area is 105 Å². The van der Waals surface area contributed by atoms with E-state index in [4.69, 9.17) is 11.6 Å². The summed E-state index contributed by atoms with van der Waals surface area (Å²) in [5.74, 6) is 0.769. The van der Waals surface area contributed by atoms with Crippen molar-refractivity contribution in [3.63, 3.8) is 0 Å². The van der Waals surface area contributed by atoms with Crippen LogP contribution in [-0.4, -0.2) is 31.6 Å². The van der Waals surface area contributed by atoms with Gasteiger partial charge in [0.2, 0.25) is 0 Å². The summed E-state index contributed by atoms with van der Waals surface area (Å²) in [7, 11) is 3.69. The highest BCUT2D eigenvalue weighted by Gasteiger charge is 2.12. The van der Waals surface area contributed by atoms with Gasteiger partial charge in [0.1, 0.15) is 11.5 Å². The van der Waals surface area contributed by atoms with Crippen molar-refractivity contribution in [3.8, 4) is 0 Å². The van der Waals surface area contributed by atoms with Gasteiger partial charge in [0.05, 0.1) is 18.8 Å². The summed E-state index contributed by atoms with van der Waals surface area (Å²) >= 11 is 6.16. The largest absolute Gasteiger partial charge is 0.313 e. The fourth-order valence-electron chi connectivity index (χ4n) is 1.66. The molecule has 17 heavy (non-hydrogen) atoms. The van der Waals surface area contributed by atoms with Crippen molar-refractivity contribution in [3.05, 3.63) is 28.6 Å². The van der Waals surface area contributed by atoms with E-state index in [1.165, 1.54) is 0 Å². The quantitative estimate of drug-likeness (QED) is 0.874. The van der Waals surface area contributed by atoms with Crippen LogP contribution >= 0.6 is 11.6 Å². The maximum Gasteiger partial charge on any atom is 0.164 e. The van der Waals surface area contributed by atoms with E-state index < -0.39 is 0 Å². The Kier molecular flexibility index (Phi) is 3.44. The van der Waals surface area contributed by atoms with Crippen molar-refractivity contribution in [2.75, 3.05) is 7.05 Å². The molecule has 0 radical (unpaired) electrons. The second kappa shape index (κ2) is 4.85. The van der Waals surface area contributed by atoms with Crippen LogP contribution in [-0.2, 0) is 20.1 Å². The molecular formula is C10H15ClN6. The second-order valence-corrected chi connectivity index (χ2v) is 4.23. The molecule has 0 saturated carbocycles. The van der Waals surface area contributed by atoms with E-state index in [1.807, 2.05) is 21.0 Å². The third kappa shape index (κ3) is 2.48. The summed E-state index contributed by atoms with van der Waals surface area (Å²) in [6, 6.07) is 0. The van der Waals surface area contributed by atoms with Gasteiger partial charge >= 0.3 is 0 Å². The van der Waals surface area contributed by atoms with Crippen LogP contribution in [0.4, 0.5) is 0 Å². The zero-order valence-electron chi connectivity index (χ0n) is 10.1. The van der Waals surface area contributed by atoms with Crippen molar-refractivity contribution in [1.82, 2.24) is 29.9 Å². The number of aromatic nitrogens is 5. The summed E-state index contributed by atoms with van der Waals surface area (Å²) in [6.07, 6.45) is 1.70. The van der Waals surface area contributed by atoms with Crippen LogP contribution in [0.25, 0.3) is 0 Å². The van der Waals surface area contributed by atoms with Gasteiger partial charge in [0, 0.05) is 12.6 Å². The minimum Gasteiger partial charge on any atom is -0.313 e. The Morgan fingerprint density at radius 1 is 1.41 bits per heavy atom. The molecule has 2 aromatic rings. The lowest BCUT2D eigenvalue weighted by molar-refractivity contribution is 0.656. The number of nitrogens with one attached hydrogen (secondary N) is 1. The van der Waals surface area contributed by atoms with Crippen molar-refractivity contribution in [1.29, 1.82) is 0 Å². The fraction of sp³-hybridized carbons (Fsp3) is 0.500. The smallest absolute Gasteiger partial charge is 0.164 e. The van der Waals surface area contributed by atoms with Crippen LogP contribution < -0.4 is 5.32 Å². The molecule has 0 bridgehead atoms. The molecule has 0 atom stereocenters. The lowest BCUT2D eigenvalue weighted by Gasteiger charge is -2.00. The normalized spacial score (nSPS) is 11.1. The Morgan fingerprint density at radius 3 is 2.76 bits per heavy atom. The molecule has 0 saturated heterocycles. The molecule has 0 aliphatic carbocycles. The van der Waals surface area contributed by atoms with Crippen molar-refractivity contribution in [2.24, 2.45) is 7.05 Å². The number of nitrogens with zero attached hydrogens (tertiary/aromatic N) is 5. The Balaban J connectivity index is 2.19. The van der Waals surface area contributed by atoms with E-state index in [2.05, 4.69) is 20.5 Å². The fourth-order valence-corrected chi connectivity index (χ4v) is 1.90. The molecule has 2 heterocycles. The maximum absolute atomic E-state index is 6.16. The predicted octanol–water partition coefficient (Wildman–Crippen LogP) is 0.741. The van der Waals surface area contributed by atoms with Gasteiger partial charge in [0.25, 0.3) is 0 Å². The summed E-state index contributed by atoms with van der Waals surface area (Å²) in [6.45, 7) is 3.19. The van der Waals surface area contributed by atoms with E-state index in [-0.39, 0.29) is 0 Å². The van der Waals surface area contributed by atoms with Crippen molar-refractivity contribution >= 4 is 11.6 Å². The molecule has 92 valence electrons. The monoisotopic (exact) mass is 254 g/mol. The molecule has 2 aromatic heterocycles. The molecule has 6 nitrogen and oxygen atoms in total. The summed E-state index contributed by atoms with van der Waals surface area (Å²) in [5.41, 5.74) is 1.90. The topological polar surface area (TPSA) is 60.6 Å².